The Morgan fingerprint density at radius 1 is 1.27 bits per heavy atom. The summed E-state index contributed by atoms with van der Waals surface area (Å²) in [7, 11) is 0. The number of hydrogen-bond acceptors (Lipinski definition) is 4. The van der Waals surface area contributed by atoms with Crippen LogP contribution in [0, 0.1) is 5.92 Å². The number of rotatable bonds is 4. The van der Waals surface area contributed by atoms with Crippen LogP contribution in [0.15, 0.2) is 24.3 Å². The van der Waals surface area contributed by atoms with Gasteiger partial charge in [0.25, 0.3) is 0 Å². The van der Waals surface area contributed by atoms with Crippen molar-refractivity contribution in [3.05, 3.63) is 29.8 Å². The van der Waals surface area contributed by atoms with Crippen molar-refractivity contribution < 1.29 is 14.3 Å². The quantitative estimate of drug-likeness (QED) is 0.860. The zero-order valence-electron chi connectivity index (χ0n) is 12.6. The van der Waals surface area contributed by atoms with Gasteiger partial charge in [0.05, 0.1) is 6.61 Å². The molecule has 1 saturated carbocycles. The van der Waals surface area contributed by atoms with Gasteiger partial charge in [-0.2, -0.15) is 0 Å². The summed E-state index contributed by atoms with van der Waals surface area (Å²) >= 11 is 1.43. The second-order valence-electron chi connectivity index (χ2n) is 5.49. The molecule has 0 unspecified atom stereocenters. The fraction of sp³-hybridized carbons (Fsp3) is 0.412. The van der Waals surface area contributed by atoms with E-state index in [0.29, 0.717) is 17.2 Å². The van der Waals surface area contributed by atoms with E-state index in [1.54, 1.807) is 6.92 Å². The zero-order chi connectivity index (χ0) is 15.5. The predicted molar refractivity (Wildman–Crippen MR) is 88.4 cm³/mol. The third-order valence-electron chi connectivity index (χ3n) is 4.04. The molecule has 116 valence electrons. The number of benzene rings is 1. The van der Waals surface area contributed by atoms with E-state index in [9.17, 15) is 9.59 Å². The molecule has 22 heavy (non-hydrogen) atoms. The molecule has 1 aliphatic rings. The van der Waals surface area contributed by atoms with E-state index >= 15 is 0 Å². The Labute approximate surface area is 133 Å². The number of thiophene rings is 1. The predicted octanol–water partition coefficient (Wildman–Crippen LogP) is 4.21. The van der Waals surface area contributed by atoms with Crippen molar-refractivity contribution in [1.29, 1.82) is 0 Å². The summed E-state index contributed by atoms with van der Waals surface area (Å²) in [4.78, 5) is 24.6. The lowest BCUT2D eigenvalue weighted by atomic mass is 10.1. The fourth-order valence-electron chi connectivity index (χ4n) is 2.94. The van der Waals surface area contributed by atoms with Crippen LogP contribution in [0.3, 0.4) is 0 Å². The van der Waals surface area contributed by atoms with Gasteiger partial charge in [-0.1, -0.05) is 31.0 Å². The molecule has 0 aliphatic heterocycles. The first-order valence-electron chi connectivity index (χ1n) is 7.70. The molecule has 0 bridgehead atoms. The largest absolute Gasteiger partial charge is 0.462 e. The molecule has 1 aromatic carbocycles. The minimum atomic E-state index is -0.373. The van der Waals surface area contributed by atoms with Gasteiger partial charge in [0.2, 0.25) is 5.91 Å². The average molecular weight is 317 g/mol. The monoisotopic (exact) mass is 317 g/mol. The van der Waals surface area contributed by atoms with E-state index in [2.05, 4.69) is 5.32 Å². The summed E-state index contributed by atoms with van der Waals surface area (Å²) < 4.78 is 6.14. The zero-order valence-corrected chi connectivity index (χ0v) is 13.4. The summed E-state index contributed by atoms with van der Waals surface area (Å²) in [5.41, 5.74) is 0.480. The number of carbonyl (C=O) groups excluding carboxylic acids is 2. The SMILES string of the molecule is CCOC(=O)c1c(NC(=O)C2CCCC2)sc2ccccc12. The molecular weight excluding hydrogens is 298 g/mol. The second-order valence-corrected chi connectivity index (χ2v) is 6.55. The van der Waals surface area contributed by atoms with Gasteiger partial charge in [0.1, 0.15) is 10.6 Å². The number of anilines is 1. The third-order valence-corrected chi connectivity index (χ3v) is 5.12. The number of ether oxygens (including phenoxy) is 1. The number of esters is 1. The molecule has 0 atom stereocenters. The van der Waals surface area contributed by atoms with Crippen molar-refractivity contribution >= 4 is 38.3 Å². The van der Waals surface area contributed by atoms with E-state index in [0.717, 1.165) is 35.8 Å². The van der Waals surface area contributed by atoms with Gasteiger partial charge in [-0.05, 0) is 25.8 Å². The topological polar surface area (TPSA) is 55.4 Å². The molecular formula is C17H19NO3S. The first-order chi connectivity index (χ1) is 10.7. The van der Waals surface area contributed by atoms with Crippen molar-refractivity contribution in [1.82, 2.24) is 0 Å². The Morgan fingerprint density at radius 2 is 2.00 bits per heavy atom. The highest BCUT2D eigenvalue weighted by molar-refractivity contribution is 7.23. The van der Waals surface area contributed by atoms with Gasteiger partial charge in [-0.3, -0.25) is 4.79 Å². The van der Waals surface area contributed by atoms with Gasteiger partial charge in [0.15, 0.2) is 0 Å². The molecule has 3 rings (SSSR count). The van der Waals surface area contributed by atoms with Gasteiger partial charge in [-0.15, -0.1) is 11.3 Å². The Hall–Kier alpha value is -1.88. The molecule has 0 saturated heterocycles. The maximum atomic E-state index is 12.4. The number of nitrogens with one attached hydrogen (secondary N) is 1. The van der Waals surface area contributed by atoms with Crippen LogP contribution < -0.4 is 5.32 Å². The summed E-state index contributed by atoms with van der Waals surface area (Å²) in [6.45, 7) is 2.10. The summed E-state index contributed by atoms with van der Waals surface area (Å²) in [6, 6.07) is 7.66. The van der Waals surface area contributed by atoms with Crippen LogP contribution in [0.4, 0.5) is 5.00 Å². The molecule has 1 heterocycles. The highest BCUT2D eigenvalue weighted by Crippen LogP contribution is 2.37. The van der Waals surface area contributed by atoms with E-state index < -0.39 is 0 Å². The summed E-state index contributed by atoms with van der Waals surface area (Å²) in [5, 5.41) is 4.41. The molecule has 1 fully saturated rings. The van der Waals surface area contributed by atoms with Crippen LogP contribution in [0.25, 0.3) is 10.1 Å². The maximum absolute atomic E-state index is 12.4. The van der Waals surface area contributed by atoms with Crippen molar-refractivity contribution in [3.8, 4) is 0 Å². The van der Waals surface area contributed by atoms with Crippen LogP contribution in [0.1, 0.15) is 43.0 Å². The van der Waals surface area contributed by atoms with Gasteiger partial charge in [-0.25, -0.2) is 4.79 Å². The highest BCUT2D eigenvalue weighted by Gasteiger charge is 2.26. The standard InChI is InChI=1S/C17H19NO3S/c1-2-21-17(20)14-12-9-5-6-10-13(12)22-16(14)18-15(19)11-7-3-4-8-11/h5-6,9-11H,2-4,7-8H2,1H3,(H,18,19). The van der Waals surface area contributed by atoms with E-state index in [-0.39, 0.29) is 17.8 Å². The molecule has 0 radical (unpaired) electrons. The number of hydrogen-bond donors (Lipinski definition) is 1. The highest BCUT2D eigenvalue weighted by atomic mass is 32.1. The van der Waals surface area contributed by atoms with E-state index in [1.807, 2.05) is 24.3 Å². The molecule has 5 heteroatoms. The Kier molecular flexibility index (Phi) is 4.43. The molecule has 1 aliphatic carbocycles. The number of amides is 1. The Morgan fingerprint density at radius 3 is 2.73 bits per heavy atom. The van der Waals surface area contributed by atoms with Gasteiger partial charge < -0.3 is 10.1 Å². The van der Waals surface area contributed by atoms with Crippen molar-refractivity contribution in [2.45, 2.75) is 32.6 Å². The summed E-state index contributed by atoms with van der Waals surface area (Å²) in [5.74, 6) is -0.281. The second kappa shape index (κ2) is 6.48. The Bertz CT molecular complexity index is 701. The van der Waals surface area contributed by atoms with Gasteiger partial charge in [0, 0.05) is 16.0 Å². The number of fused-ring (bicyclic) bond motifs is 1. The lowest BCUT2D eigenvalue weighted by Gasteiger charge is -2.10. The van der Waals surface area contributed by atoms with Crippen LogP contribution in [0.5, 0.6) is 0 Å². The third kappa shape index (κ3) is 2.86. The van der Waals surface area contributed by atoms with Crippen LogP contribution in [0.2, 0.25) is 0 Å². The number of carbonyl (C=O) groups is 2. The Balaban J connectivity index is 1.95. The minimum absolute atomic E-state index is 0.0228. The molecule has 2 aromatic rings. The maximum Gasteiger partial charge on any atom is 0.341 e. The average Bonchev–Trinajstić information content (AvgIpc) is 3.14. The lowest BCUT2D eigenvalue weighted by molar-refractivity contribution is -0.119. The first kappa shape index (κ1) is 15.0. The van der Waals surface area contributed by atoms with E-state index in [4.69, 9.17) is 4.74 Å². The van der Waals surface area contributed by atoms with Crippen molar-refractivity contribution in [3.63, 3.8) is 0 Å². The normalized spacial score (nSPS) is 15.1. The smallest absolute Gasteiger partial charge is 0.341 e. The molecule has 0 spiro atoms. The first-order valence-corrected chi connectivity index (χ1v) is 8.52. The van der Waals surface area contributed by atoms with Crippen LogP contribution in [-0.2, 0) is 9.53 Å². The van der Waals surface area contributed by atoms with Crippen molar-refractivity contribution in [2.75, 3.05) is 11.9 Å². The molecule has 4 nitrogen and oxygen atoms in total. The van der Waals surface area contributed by atoms with E-state index in [1.165, 1.54) is 11.3 Å². The fourth-order valence-corrected chi connectivity index (χ4v) is 4.03. The van der Waals surface area contributed by atoms with Crippen LogP contribution in [-0.4, -0.2) is 18.5 Å². The van der Waals surface area contributed by atoms with Gasteiger partial charge >= 0.3 is 5.97 Å². The lowest BCUT2D eigenvalue weighted by Crippen LogP contribution is -2.21. The molecule has 1 aromatic heterocycles. The summed E-state index contributed by atoms with van der Waals surface area (Å²) in [6.07, 6.45) is 4.08. The molecule has 1 amide bonds. The van der Waals surface area contributed by atoms with Crippen LogP contribution >= 0.6 is 11.3 Å². The minimum Gasteiger partial charge on any atom is -0.462 e. The van der Waals surface area contributed by atoms with Crippen molar-refractivity contribution in [2.24, 2.45) is 5.92 Å². The molecule has 1 N–H and O–H groups in total.